The van der Waals surface area contributed by atoms with Crippen molar-refractivity contribution >= 4 is 35.1 Å². The second kappa shape index (κ2) is 14.6. The molecule has 12 heteroatoms. The number of amides is 2. The van der Waals surface area contributed by atoms with Crippen LogP contribution in [0.4, 0.5) is 24.5 Å². The predicted octanol–water partition coefficient (Wildman–Crippen LogP) is 6.94. The molecule has 0 aliphatic carbocycles. The van der Waals surface area contributed by atoms with Gasteiger partial charge in [-0.15, -0.1) is 0 Å². The molecular weight excluding hydrogens is 639 g/mol. The third-order valence-corrected chi connectivity index (χ3v) is 8.26. The van der Waals surface area contributed by atoms with Gasteiger partial charge in [-0.25, -0.2) is 4.79 Å². The lowest BCUT2D eigenvalue weighted by molar-refractivity contribution is -0.139. The van der Waals surface area contributed by atoms with Crippen molar-refractivity contribution in [2.75, 3.05) is 44.5 Å². The van der Waals surface area contributed by atoms with Crippen molar-refractivity contribution in [3.63, 3.8) is 0 Å². The number of benzene rings is 4. The number of ether oxygens (including phenoxy) is 2. The summed E-state index contributed by atoms with van der Waals surface area (Å²) in [5, 5.41) is 2.58. The largest absolute Gasteiger partial charge is 0.465 e. The van der Waals surface area contributed by atoms with Gasteiger partial charge in [-0.3, -0.25) is 14.4 Å². The third kappa shape index (κ3) is 7.91. The van der Waals surface area contributed by atoms with Gasteiger partial charge in [-0.2, -0.15) is 13.2 Å². The summed E-state index contributed by atoms with van der Waals surface area (Å²) in [6.45, 7) is 0.920. The average molecular weight is 674 g/mol. The highest BCUT2D eigenvalue weighted by Crippen LogP contribution is 2.38. The van der Waals surface area contributed by atoms with Gasteiger partial charge in [-0.05, 0) is 72.5 Å². The maximum Gasteiger partial charge on any atom is 0.417 e. The molecule has 1 aliphatic heterocycles. The van der Waals surface area contributed by atoms with Crippen molar-refractivity contribution in [3.8, 4) is 16.9 Å². The van der Waals surface area contributed by atoms with E-state index in [1.807, 2.05) is 4.90 Å². The molecule has 0 atom stereocenters. The second-order valence-corrected chi connectivity index (χ2v) is 11.7. The minimum absolute atomic E-state index is 0.0557. The van der Waals surface area contributed by atoms with Crippen LogP contribution in [0.1, 0.15) is 49.5 Å². The van der Waals surface area contributed by atoms with Crippen molar-refractivity contribution in [3.05, 3.63) is 113 Å². The molecule has 0 radical (unpaired) electrons. The van der Waals surface area contributed by atoms with E-state index in [9.17, 15) is 32.3 Å². The van der Waals surface area contributed by atoms with Crippen LogP contribution < -0.4 is 15.0 Å². The van der Waals surface area contributed by atoms with Gasteiger partial charge < -0.3 is 24.6 Å². The highest BCUT2D eigenvalue weighted by Gasteiger charge is 2.37. The van der Waals surface area contributed by atoms with E-state index in [2.05, 4.69) is 10.1 Å². The number of nitrogens with one attached hydrogen (secondary N) is 1. The van der Waals surface area contributed by atoms with Gasteiger partial charge in [0.25, 0.3) is 11.8 Å². The number of alkyl halides is 3. The third-order valence-electron chi connectivity index (χ3n) is 8.26. The van der Waals surface area contributed by atoms with E-state index in [1.165, 1.54) is 68.6 Å². The average Bonchev–Trinajstić information content (AvgIpc) is 3.11. The monoisotopic (exact) mass is 673 g/mol. The lowest BCUT2D eigenvalue weighted by Crippen LogP contribution is -2.38. The molecule has 49 heavy (non-hydrogen) atoms. The summed E-state index contributed by atoms with van der Waals surface area (Å²) >= 11 is 0. The normalized spacial score (nSPS) is 13.4. The molecule has 1 saturated heterocycles. The van der Waals surface area contributed by atoms with E-state index in [0.717, 1.165) is 6.07 Å². The first-order valence-corrected chi connectivity index (χ1v) is 15.4. The van der Waals surface area contributed by atoms with Gasteiger partial charge in [0.1, 0.15) is 5.75 Å². The summed E-state index contributed by atoms with van der Waals surface area (Å²) < 4.78 is 52.7. The fraction of sp³-hybridized carbons (Fsp3) is 0.243. The maximum atomic E-state index is 14.2. The first kappa shape index (κ1) is 34.7. The zero-order valence-electron chi connectivity index (χ0n) is 27.0. The molecule has 1 heterocycles. The molecule has 254 valence electrons. The summed E-state index contributed by atoms with van der Waals surface area (Å²) in [5.41, 5.74) is 0.0150. The predicted molar refractivity (Wildman–Crippen MR) is 178 cm³/mol. The van der Waals surface area contributed by atoms with E-state index < -0.39 is 41.1 Å². The van der Waals surface area contributed by atoms with Crippen LogP contribution in [0.5, 0.6) is 5.75 Å². The number of hydrogen-bond acceptors (Lipinski definition) is 7. The van der Waals surface area contributed by atoms with Crippen molar-refractivity contribution in [1.82, 2.24) is 4.90 Å². The zero-order chi connectivity index (χ0) is 35.3. The number of anilines is 2. The molecule has 0 saturated carbocycles. The summed E-state index contributed by atoms with van der Waals surface area (Å²) in [4.78, 5) is 54.8. The Morgan fingerprint density at radius 2 is 1.53 bits per heavy atom. The summed E-state index contributed by atoms with van der Waals surface area (Å²) in [5.74, 6) is -2.45. The summed E-state index contributed by atoms with van der Waals surface area (Å²) in [7, 11) is 4.35. The Kier molecular flexibility index (Phi) is 10.4. The molecule has 9 nitrogen and oxygen atoms in total. The van der Waals surface area contributed by atoms with Gasteiger partial charge in [0, 0.05) is 32.9 Å². The van der Waals surface area contributed by atoms with Crippen molar-refractivity contribution in [2.24, 2.45) is 5.92 Å². The number of piperidine rings is 1. The Hall–Kier alpha value is -5.65. The second-order valence-electron chi connectivity index (χ2n) is 11.7. The fourth-order valence-corrected chi connectivity index (χ4v) is 5.68. The minimum Gasteiger partial charge on any atom is -0.465 e. The smallest absolute Gasteiger partial charge is 0.417 e. The molecule has 0 aromatic heterocycles. The van der Waals surface area contributed by atoms with Crippen LogP contribution in [0, 0.1) is 5.92 Å². The fourth-order valence-electron chi connectivity index (χ4n) is 5.68. The Morgan fingerprint density at radius 3 is 2.14 bits per heavy atom. The van der Waals surface area contributed by atoms with Crippen LogP contribution in [0.25, 0.3) is 11.1 Å². The SMILES string of the molecule is COC(=O)c1ccc(OC(=O)C2CCN(c3ccc(NC(=O)c4c(-c5ccccc5)cccc4C(F)(F)F)c(C(=O)N(C)C)c3)CC2)cc1. The number of esters is 2. The van der Waals surface area contributed by atoms with Gasteiger partial charge in [0.2, 0.25) is 0 Å². The molecule has 4 aromatic carbocycles. The molecule has 0 unspecified atom stereocenters. The first-order chi connectivity index (χ1) is 23.4. The van der Waals surface area contributed by atoms with Gasteiger partial charge in [0.05, 0.1) is 41.0 Å². The molecule has 0 spiro atoms. The molecule has 1 aliphatic rings. The number of hydrogen-bond donors (Lipinski definition) is 1. The van der Waals surface area contributed by atoms with E-state index in [1.54, 1.807) is 42.5 Å². The van der Waals surface area contributed by atoms with Crippen LogP contribution in [-0.4, -0.2) is 62.9 Å². The molecule has 1 N–H and O–H groups in total. The number of rotatable bonds is 8. The van der Waals surface area contributed by atoms with Crippen molar-refractivity contribution in [1.29, 1.82) is 0 Å². The number of halogens is 3. The van der Waals surface area contributed by atoms with Crippen molar-refractivity contribution in [2.45, 2.75) is 19.0 Å². The quantitative estimate of drug-likeness (QED) is 0.160. The molecule has 4 aromatic rings. The van der Waals surface area contributed by atoms with Crippen LogP contribution in [0.15, 0.2) is 91.0 Å². The van der Waals surface area contributed by atoms with E-state index in [0.29, 0.717) is 48.5 Å². The number of nitrogens with zero attached hydrogens (tertiary/aromatic N) is 2. The Labute approximate surface area is 281 Å². The highest BCUT2D eigenvalue weighted by molar-refractivity contribution is 6.13. The maximum absolute atomic E-state index is 14.2. The van der Waals surface area contributed by atoms with Crippen LogP contribution in [-0.2, 0) is 15.7 Å². The van der Waals surface area contributed by atoms with Crippen LogP contribution in [0.3, 0.4) is 0 Å². The lowest BCUT2D eigenvalue weighted by Gasteiger charge is -2.33. The van der Waals surface area contributed by atoms with Crippen LogP contribution >= 0.6 is 0 Å². The Balaban J connectivity index is 1.35. The summed E-state index contributed by atoms with van der Waals surface area (Å²) in [6, 6.07) is 22.7. The number of carbonyl (C=O) groups is 4. The molecule has 1 fully saturated rings. The summed E-state index contributed by atoms with van der Waals surface area (Å²) in [6.07, 6.45) is -3.88. The molecular formula is C37H34F3N3O6. The van der Waals surface area contributed by atoms with E-state index in [4.69, 9.17) is 4.74 Å². The van der Waals surface area contributed by atoms with Crippen LogP contribution in [0.2, 0.25) is 0 Å². The number of methoxy groups -OCH3 is 1. The van der Waals surface area contributed by atoms with Gasteiger partial charge in [-0.1, -0.05) is 42.5 Å². The van der Waals surface area contributed by atoms with E-state index in [-0.39, 0.29) is 22.7 Å². The highest BCUT2D eigenvalue weighted by atomic mass is 19.4. The Bertz CT molecular complexity index is 1850. The van der Waals surface area contributed by atoms with Gasteiger partial charge in [0.15, 0.2) is 0 Å². The standard InChI is InChI=1S/C37H34F3N3O6/c1-42(2)34(45)29-22-26(43-20-18-25(19-21-43)36(47)49-27-15-12-24(13-16-27)35(46)48-3)14-17-31(29)41-33(44)32-28(23-8-5-4-6-9-23)10-7-11-30(32)37(38,39)40/h4-17,22,25H,18-21H2,1-3H3,(H,41,44). The first-order valence-electron chi connectivity index (χ1n) is 15.4. The molecule has 5 rings (SSSR count). The zero-order valence-corrected chi connectivity index (χ0v) is 27.0. The minimum atomic E-state index is -4.81. The van der Waals surface area contributed by atoms with E-state index >= 15 is 0 Å². The lowest BCUT2D eigenvalue weighted by atomic mass is 9.94. The topological polar surface area (TPSA) is 105 Å². The molecule has 2 amide bonds. The van der Waals surface area contributed by atoms with Gasteiger partial charge >= 0.3 is 18.1 Å². The number of carbonyl (C=O) groups excluding carboxylic acids is 4. The van der Waals surface area contributed by atoms with Crippen molar-refractivity contribution < 1.29 is 41.8 Å². The Morgan fingerprint density at radius 1 is 0.857 bits per heavy atom. The molecule has 0 bridgehead atoms.